The third-order valence-corrected chi connectivity index (χ3v) is 2.47. The van der Waals surface area contributed by atoms with Gasteiger partial charge < -0.3 is 11.1 Å². The highest BCUT2D eigenvalue weighted by Crippen LogP contribution is 2.24. The van der Waals surface area contributed by atoms with Crippen LogP contribution < -0.4 is 11.1 Å². The largest absolute Gasteiger partial charge is 0.368 e. The molecule has 0 fully saturated rings. The highest BCUT2D eigenvalue weighted by atomic mass is 16.6. The van der Waals surface area contributed by atoms with Crippen LogP contribution in [0.25, 0.3) is 0 Å². The summed E-state index contributed by atoms with van der Waals surface area (Å²) in [6, 6.07) is 0.701. The molecule has 0 aliphatic carbocycles. The van der Waals surface area contributed by atoms with E-state index in [-0.39, 0.29) is 17.4 Å². The lowest BCUT2D eigenvalue weighted by molar-refractivity contribution is -0.384. The molecule has 0 saturated carbocycles. The molecule has 1 aromatic heterocycles. The van der Waals surface area contributed by atoms with E-state index >= 15 is 0 Å². The molecule has 0 aromatic carbocycles. The fourth-order valence-corrected chi connectivity index (χ4v) is 1.52. The maximum Gasteiger partial charge on any atom is 0.311 e. The van der Waals surface area contributed by atoms with E-state index in [2.05, 4.69) is 10.3 Å². The number of nitrogens with one attached hydrogen (secondary N) is 1. The van der Waals surface area contributed by atoms with Crippen LogP contribution in [0.15, 0.2) is 12.3 Å². The predicted octanol–water partition coefficient (Wildman–Crippen LogP) is 1.22. The van der Waals surface area contributed by atoms with Crippen LogP contribution in [-0.2, 0) is 4.79 Å². The summed E-state index contributed by atoms with van der Waals surface area (Å²) in [7, 11) is 0. The monoisotopic (exact) mass is 252 g/mol. The number of pyridine rings is 1. The summed E-state index contributed by atoms with van der Waals surface area (Å²) in [6.45, 7) is 5.29. The Hall–Kier alpha value is -2.18. The minimum atomic E-state index is -0.695. The molecule has 0 bridgehead atoms. The predicted molar refractivity (Wildman–Crippen MR) is 67.1 cm³/mol. The molecular weight excluding hydrogens is 236 g/mol. The maximum absolute atomic E-state index is 11.3. The molecule has 0 spiro atoms. The van der Waals surface area contributed by atoms with Crippen molar-refractivity contribution in [1.82, 2.24) is 4.98 Å². The summed E-state index contributed by atoms with van der Waals surface area (Å²) >= 11 is 0. The van der Waals surface area contributed by atoms with E-state index in [4.69, 9.17) is 5.73 Å². The first-order chi connectivity index (χ1) is 8.32. The summed E-state index contributed by atoms with van der Waals surface area (Å²) in [5.74, 6) is -0.602. The minimum Gasteiger partial charge on any atom is -0.368 e. The molecule has 1 amide bonds. The van der Waals surface area contributed by atoms with Gasteiger partial charge >= 0.3 is 5.69 Å². The Bertz CT molecular complexity index is 473. The molecule has 0 radical (unpaired) electrons. The van der Waals surface area contributed by atoms with Crippen LogP contribution in [0.1, 0.15) is 19.4 Å². The van der Waals surface area contributed by atoms with Crippen molar-refractivity contribution in [2.24, 2.45) is 11.7 Å². The van der Waals surface area contributed by atoms with E-state index in [0.717, 1.165) is 0 Å². The van der Waals surface area contributed by atoms with Crippen molar-refractivity contribution >= 4 is 17.4 Å². The van der Waals surface area contributed by atoms with Crippen molar-refractivity contribution in [1.29, 1.82) is 0 Å². The van der Waals surface area contributed by atoms with Gasteiger partial charge in [0.05, 0.1) is 4.92 Å². The molecule has 1 rings (SSSR count). The molecule has 1 aromatic rings. The Balaban J connectivity index is 3.10. The smallest absolute Gasteiger partial charge is 0.311 e. The highest BCUT2D eigenvalue weighted by Gasteiger charge is 2.24. The number of amides is 1. The number of primary amides is 1. The van der Waals surface area contributed by atoms with Crippen molar-refractivity contribution in [3.8, 4) is 0 Å². The third-order valence-electron chi connectivity index (χ3n) is 2.47. The number of aromatic nitrogens is 1. The summed E-state index contributed by atoms with van der Waals surface area (Å²) in [6.07, 6.45) is 1.49. The van der Waals surface area contributed by atoms with Crippen molar-refractivity contribution in [3.63, 3.8) is 0 Å². The molecule has 1 heterocycles. The average Bonchev–Trinajstić information content (AvgIpc) is 2.25. The van der Waals surface area contributed by atoms with E-state index in [1.807, 2.05) is 0 Å². The van der Waals surface area contributed by atoms with E-state index in [9.17, 15) is 14.9 Å². The fraction of sp³-hybridized carbons (Fsp3) is 0.455. The number of nitrogens with two attached hydrogens (primary N) is 1. The van der Waals surface area contributed by atoms with E-state index < -0.39 is 16.9 Å². The van der Waals surface area contributed by atoms with Gasteiger partial charge in [-0.25, -0.2) is 4.98 Å². The van der Waals surface area contributed by atoms with Crippen LogP contribution in [-0.4, -0.2) is 21.9 Å². The molecular formula is C11H16N4O3. The Labute approximate surface area is 105 Å². The van der Waals surface area contributed by atoms with Crippen molar-refractivity contribution in [2.45, 2.75) is 26.8 Å². The topological polar surface area (TPSA) is 111 Å². The number of aryl methyl sites for hydroxylation is 1. The van der Waals surface area contributed by atoms with Crippen molar-refractivity contribution in [2.75, 3.05) is 5.32 Å². The van der Waals surface area contributed by atoms with Gasteiger partial charge in [0, 0.05) is 12.3 Å². The second-order valence-corrected chi connectivity index (χ2v) is 4.41. The Morgan fingerprint density at radius 2 is 2.17 bits per heavy atom. The third kappa shape index (κ3) is 3.16. The van der Waals surface area contributed by atoms with E-state index in [0.29, 0.717) is 5.56 Å². The number of carbonyl (C=O) groups is 1. The van der Waals surface area contributed by atoms with Gasteiger partial charge in [-0.1, -0.05) is 13.8 Å². The normalized spacial score (nSPS) is 12.2. The number of nitrogens with zero attached hydrogens (tertiary/aromatic N) is 2. The number of nitro groups is 1. The van der Waals surface area contributed by atoms with Gasteiger partial charge in [-0.05, 0) is 18.4 Å². The molecule has 3 N–H and O–H groups in total. The minimum absolute atomic E-state index is 0.0584. The number of anilines is 1. The van der Waals surface area contributed by atoms with Gasteiger partial charge in [0.15, 0.2) is 0 Å². The zero-order valence-electron chi connectivity index (χ0n) is 10.5. The van der Waals surface area contributed by atoms with Crippen LogP contribution in [0.2, 0.25) is 0 Å². The fourth-order valence-electron chi connectivity index (χ4n) is 1.52. The van der Waals surface area contributed by atoms with Gasteiger partial charge in [-0.15, -0.1) is 0 Å². The van der Waals surface area contributed by atoms with Crippen LogP contribution in [0.5, 0.6) is 0 Å². The van der Waals surface area contributed by atoms with Gasteiger partial charge in [0.2, 0.25) is 11.7 Å². The Morgan fingerprint density at radius 3 is 2.61 bits per heavy atom. The van der Waals surface area contributed by atoms with E-state index in [1.54, 1.807) is 20.8 Å². The lowest BCUT2D eigenvalue weighted by Gasteiger charge is -2.19. The van der Waals surface area contributed by atoms with Crippen LogP contribution in [0, 0.1) is 23.0 Å². The highest BCUT2D eigenvalue weighted by molar-refractivity contribution is 5.83. The molecule has 7 heteroatoms. The van der Waals surface area contributed by atoms with E-state index in [1.165, 1.54) is 12.3 Å². The average molecular weight is 252 g/mol. The first-order valence-electron chi connectivity index (χ1n) is 5.49. The van der Waals surface area contributed by atoms with Gasteiger partial charge in [0.1, 0.15) is 6.04 Å². The lowest BCUT2D eigenvalue weighted by atomic mass is 10.0. The molecule has 1 atom stereocenters. The molecule has 0 saturated heterocycles. The van der Waals surface area contributed by atoms with Crippen molar-refractivity contribution in [3.05, 3.63) is 27.9 Å². The standard InChI is InChI=1S/C11H16N4O3/c1-6(2)9(10(12)16)14-11-8(15(17)18)4-7(3)5-13-11/h4-6,9H,1-3H3,(H2,12,16)(H,13,14). The lowest BCUT2D eigenvalue weighted by Crippen LogP contribution is -2.39. The van der Waals surface area contributed by atoms with Crippen LogP contribution in [0.3, 0.4) is 0 Å². The summed E-state index contributed by atoms with van der Waals surface area (Å²) < 4.78 is 0. The summed E-state index contributed by atoms with van der Waals surface area (Å²) in [5.41, 5.74) is 5.75. The Morgan fingerprint density at radius 1 is 1.56 bits per heavy atom. The summed E-state index contributed by atoms with van der Waals surface area (Å²) in [4.78, 5) is 25.6. The van der Waals surface area contributed by atoms with Crippen molar-refractivity contribution < 1.29 is 9.72 Å². The number of hydrogen-bond donors (Lipinski definition) is 2. The second-order valence-electron chi connectivity index (χ2n) is 4.41. The van der Waals surface area contributed by atoms with Crippen LogP contribution >= 0.6 is 0 Å². The molecule has 1 unspecified atom stereocenters. The molecule has 7 nitrogen and oxygen atoms in total. The molecule has 18 heavy (non-hydrogen) atoms. The number of rotatable bonds is 5. The molecule has 0 aliphatic heterocycles. The van der Waals surface area contributed by atoms with Gasteiger partial charge in [-0.3, -0.25) is 14.9 Å². The van der Waals surface area contributed by atoms with Gasteiger partial charge in [0.25, 0.3) is 0 Å². The first-order valence-corrected chi connectivity index (χ1v) is 5.49. The first kappa shape index (κ1) is 13.9. The maximum atomic E-state index is 11.3. The second kappa shape index (κ2) is 5.44. The van der Waals surface area contributed by atoms with Crippen LogP contribution in [0.4, 0.5) is 11.5 Å². The molecule has 0 aliphatic rings. The zero-order valence-corrected chi connectivity index (χ0v) is 10.5. The van der Waals surface area contributed by atoms with Gasteiger partial charge in [-0.2, -0.15) is 0 Å². The Kier molecular flexibility index (Phi) is 4.19. The SMILES string of the molecule is Cc1cnc(NC(C(N)=O)C(C)C)c([N+](=O)[O-])c1. The molecule has 98 valence electrons. The summed E-state index contributed by atoms with van der Waals surface area (Å²) in [5, 5.41) is 13.6. The quantitative estimate of drug-likeness (QED) is 0.604. The number of hydrogen-bond acceptors (Lipinski definition) is 5. The zero-order chi connectivity index (χ0) is 13.9. The number of carbonyl (C=O) groups excluding carboxylic acids is 1.